The summed E-state index contributed by atoms with van der Waals surface area (Å²) >= 11 is 0. The zero-order valence-electron chi connectivity index (χ0n) is 11.2. The van der Waals surface area contributed by atoms with Crippen molar-refractivity contribution in [3.05, 3.63) is 54.4 Å². The molecule has 0 fully saturated rings. The van der Waals surface area contributed by atoms with Gasteiger partial charge in [-0.15, -0.1) is 0 Å². The van der Waals surface area contributed by atoms with Crippen LogP contribution in [0.1, 0.15) is 18.5 Å². The Morgan fingerprint density at radius 2 is 2.10 bits per heavy atom. The summed E-state index contributed by atoms with van der Waals surface area (Å²) in [4.78, 5) is 15.7. The van der Waals surface area contributed by atoms with Crippen molar-refractivity contribution < 1.29 is 9.53 Å². The van der Waals surface area contributed by atoms with Gasteiger partial charge in [-0.2, -0.15) is 0 Å². The van der Waals surface area contributed by atoms with Gasteiger partial charge in [0.2, 0.25) is 0 Å². The minimum atomic E-state index is -0.184. The molecule has 5 nitrogen and oxygen atoms in total. The second-order valence-electron chi connectivity index (χ2n) is 4.43. The van der Waals surface area contributed by atoms with Crippen LogP contribution in [0.4, 0.5) is 5.69 Å². The number of aromatic nitrogens is 1. The van der Waals surface area contributed by atoms with Crippen LogP contribution in [0.3, 0.4) is 0 Å². The Morgan fingerprint density at radius 1 is 1.35 bits per heavy atom. The first-order valence-corrected chi connectivity index (χ1v) is 6.33. The first-order valence-electron chi connectivity index (χ1n) is 6.33. The number of rotatable bonds is 5. The maximum absolute atomic E-state index is 11.8. The molecule has 104 valence electrons. The number of ether oxygens (including phenoxy) is 1. The fourth-order valence-corrected chi connectivity index (χ4v) is 1.77. The molecule has 0 spiro atoms. The topological polar surface area (TPSA) is 77.2 Å². The highest BCUT2D eigenvalue weighted by Gasteiger charge is 2.09. The highest BCUT2D eigenvalue weighted by atomic mass is 16.5. The molecule has 0 aliphatic carbocycles. The van der Waals surface area contributed by atoms with E-state index in [1.807, 2.05) is 19.1 Å². The maximum Gasteiger partial charge on any atom is 0.258 e. The Balaban J connectivity index is 1.84. The highest BCUT2D eigenvalue weighted by molar-refractivity contribution is 5.78. The van der Waals surface area contributed by atoms with Gasteiger partial charge in [0.25, 0.3) is 5.91 Å². The maximum atomic E-state index is 11.8. The van der Waals surface area contributed by atoms with Gasteiger partial charge in [0.05, 0.1) is 6.04 Å². The molecule has 0 aliphatic heterocycles. The van der Waals surface area contributed by atoms with Crippen LogP contribution in [0, 0.1) is 0 Å². The van der Waals surface area contributed by atoms with E-state index in [1.165, 1.54) is 0 Å². The van der Waals surface area contributed by atoms with Crippen LogP contribution in [0.2, 0.25) is 0 Å². The van der Waals surface area contributed by atoms with E-state index >= 15 is 0 Å². The smallest absolute Gasteiger partial charge is 0.258 e. The summed E-state index contributed by atoms with van der Waals surface area (Å²) in [6.45, 7) is 1.87. The van der Waals surface area contributed by atoms with Gasteiger partial charge < -0.3 is 15.8 Å². The fraction of sp³-hybridized carbons (Fsp3) is 0.200. The van der Waals surface area contributed by atoms with E-state index in [0.29, 0.717) is 11.4 Å². The van der Waals surface area contributed by atoms with Crippen LogP contribution < -0.4 is 15.8 Å². The third kappa shape index (κ3) is 3.98. The number of hydrogen-bond acceptors (Lipinski definition) is 4. The van der Waals surface area contributed by atoms with Crippen molar-refractivity contribution in [2.75, 3.05) is 12.3 Å². The molecule has 20 heavy (non-hydrogen) atoms. The first kappa shape index (κ1) is 13.9. The average molecular weight is 271 g/mol. The van der Waals surface area contributed by atoms with Crippen LogP contribution in [0.25, 0.3) is 0 Å². The Bertz CT molecular complexity index is 572. The molecule has 0 saturated heterocycles. The summed E-state index contributed by atoms with van der Waals surface area (Å²) < 4.78 is 5.38. The van der Waals surface area contributed by atoms with E-state index in [4.69, 9.17) is 10.5 Å². The van der Waals surface area contributed by atoms with E-state index in [1.54, 1.807) is 36.7 Å². The highest BCUT2D eigenvalue weighted by Crippen LogP contribution is 2.14. The molecule has 1 unspecified atom stereocenters. The van der Waals surface area contributed by atoms with Crippen molar-refractivity contribution in [1.82, 2.24) is 10.3 Å². The largest absolute Gasteiger partial charge is 0.484 e. The summed E-state index contributed by atoms with van der Waals surface area (Å²) in [6, 6.07) is 10.6. The van der Waals surface area contributed by atoms with E-state index in [2.05, 4.69) is 10.3 Å². The molecule has 1 aromatic heterocycles. The van der Waals surface area contributed by atoms with Crippen molar-refractivity contribution in [3.63, 3.8) is 0 Å². The predicted molar refractivity (Wildman–Crippen MR) is 77.1 cm³/mol. The van der Waals surface area contributed by atoms with Gasteiger partial charge in [-0.1, -0.05) is 6.07 Å². The minimum absolute atomic E-state index is 0.0428. The lowest BCUT2D eigenvalue weighted by Crippen LogP contribution is -2.31. The van der Waals surface area contributed by atoms with Gasteiger partial charge >= 0.3 is 0 Å². The number of benzene rings is 1. The van der Waals surface area contributed by atoms with E-state index < -0.39 is 0 Å². The van der Waals surface area contributed by atoms with Crippen LogP contribution in [0.5, 0.6) is 5.75 Å². The van der Waals surface area contributed by atoms with Gasteiger partial charge in [-0.05, 0) is 36.8 Å². The molecular formula is C15H17N3O2. The Labute approximate surface area is 117 Å². The second kappa shape index (κ2) is 6.56. The Kier molecular flexibility index (Phi) is 4.55. The van der Waals surface area contributed by atoms with Crippen molar-refractivity contribution in [1.29, 1.82) is 0 Å². The quantitative estimate of drug-likeness (QED) is 0.814. The third-order valence-electron chi connectivity index (χ3n) is 2.81. The minimum Gasteiger partial charge on any atom is -0.484 e. The number of carbonyl (C=O) groups excluding carboxylic acids is 1. The molecule has 1 amide bonds. The predicted octanol–water partition coefficient (Wildman–Crippen LogP) is 1.92. The van der Waals surface area contributed by atoms with Gasteiger partial charge in [-0.25, -0.2) is 0 Å². The number of pyridine rings is 1. The lowest BCUT2D eigenvalue weighted by atomic mass is 10.1. The summed E-state index contributed by atoms with van der Waals surface area (Å²) in [5.74, 6) is 0.397. The molecule has 2 rings (SSSR count). The number of anilines is 1. The van der Waals surface area contributed by atoms with Gasteiger partial charge in [-0.3, -0.25) is 9.78 Å². The van der Waals surface area contributed by atoms with Crippen molar-refractivity contribution in [2.45, 2.75) is 13.0 Å². The molecule has 1 atom stereocenters. The monoisotopic (exact) mass is 271 g/mol. The number of nitrogens with one attached hydrogen (secondary N) is 1. The van der Waals surface area contributed by atoms with Crippen molar-refractivity contribution in [3.8, 4) is 5.75 Å². The third-order valence-corrected chi connectivity index (χ3v) is 2.81. The van der Waals surface area contributed by atoms with Crippen LogP contribution in [-0.4, -0.2) is 17.5 Å². The average Bonchev–Trinajstić information content (AvgIpc) is 2.46. The normalized spacial score (nSPS) is 11.7. The molecule has 0 saturated carbocycles. The number of nitrogens with zero attached hydrogens (tertiary/aromatic N) is 1. The summed E-state index contributed by atoms with van der Waals surface area (Å²) in [6.07, 6.45) is 3.39. The van der Waals surface area contributed by atoms with Crippen LogP contribution >= 0.6 is 0 Å². The molecule has 1 heterocycles. The summed E-state index contributed by atoms with van der Waals surface area (Å²) in [5, 5.41) is 2.86. The van der Waals surface area contributed by atoms with E-state index in [-0.39, 0.29) is 18.6 Å². The molecule has 2 aromatic rings. The van der Waals surface area contributed by atoms with E-state index in [0.717, 1.165) is 5.56 Å². The molecular weight excluding hydrogens is 254 g/mol. The molecule has 0 aliphatic rings. The molecule has 0 bridgehead atoms. The Morgan fingerprint density at radius 3 is 2.80 bits per heavy atom. The van der Waals surface area contributed by atoms with Crippen LogP contribution in [-0.2, 0) is 4.79 Å². The molecule has 3 N–H and O–H groups in total. The fourth-order valence-electron chi connectivity index (χ4n) is 1.77. The second-order valence-corrected chi connectivity index (χ2v) is 4.43. The number of carbonyl (C=O) groups is 1. The summed E-state index contributed by atoms with van der Waals surface area (Å²) in [7, 11) is 0. The SMILES string of the molecule is CC(NC(=O)COc1cccc(N)c1)c1ccncc1. The zero-order valence-corrected chi connectivity index (χ0v) is 11.2. The van der Waals surface area contributed by atoms with Crippen LogP contribution in [0.15, 0.2) is 48.8 Å². The standard InChI is InChI=1S/C15H17N3O2/c1-11(12-5-7-17-8-6-12)18-15(19)10-20-14-4-2-3-13(16)9-14/h2-9,11H,10,16H2,1H3,(H,18,19). The number of nitrogen functional groups attached to an aromatic ring is 1. The lowest BCUT2D eigenvalue weighted by molar-refractivity contribution is -0.123. The van der Waals surface area contributed by atoms with Gasteiger partial charge in [0.15, 0.2) is 6.61 Å². The molecule has 0 radical (unpaired) electrons. The Hall–Kier alpha value is -2.56. The summed E-state index contributed by atoms with van der Waals surface area (Å²) in [5.41, 5.74) is 7.24. The van der Waals surface area contributed by atoms with E-state index in [9.17, 15) is 4.79 Å². The molecule has 5 heteroatoms. The first-order chi connectivity index (χ1) is 9.65. The number of hydrogen-bond donors (Lipinski definition) is 2. The molecule has 1 aromatic carbocycles. The zero-order chi connectivity index (χ0) is 14.4. The van der Waals surface area contributed by atoms with Crippen molar-refractivity contribution >= 4 is 11.6 Å². The van der Waals surface area contributed by atoms with Gasteiger partial charge in [0, 0.05) is 24.1 Å². The van der Waals surface area contributed by atoms with Crippen molar-refractivity contribution in [2.24, 2.45) is 0 Å². The van der Waals surface area contributed by atoms with Gasteiger partial charge in [0.1, 0.15) is 5.75 Å². The number of nitrogens with two attached hydrogens (primary N) is 1. The lowest BCUT2D eigenvalue weighted by Gasteiger charge is -2.14. The number of amides is 1.